The van der Waals surface area contributed by atoms with Crippen LogP contribution in [0.25, 0.3) is 55.4 Å². The van der Waals surface area contributed by atoms with E-state index in [0.29, 0.717) is 0 Å². The summed E-state index contributed by atoms with van der Waals surface area (Å²) in [4.78, 5) is 9.42. The lowest BCUT2D eigenvalue weighted by atomic mass is 9.97. The fraction of sp³-hybridized carbons (Fsp3) is 0. The van der Waals surface area contributed by atoms with E-state index in [2.05, 4.69) is 41.4 Å². The van der Waals surface area contributed by atoms with E-state index < -0.39 is 0 Å². The normalized spacial score (nSPS) is 11.4. The smallest absolute Gasteiger partial charge is 0.145 e. The zero-order valence-electron chi connectivity index (χ0n) is 15.5. The van der Waals surface area contributed by atoms with Crippen LogP contribution in [0.4, 0.5) is 0 Å². The molecule has 0 fully saturated rings. The van der Waals surface area contributed by atoms with Crippen LogP contribution in [0.5, 0.6) is 0 Å². The molecule has 3 heteroatoms. The molecule has 0 N–H and O–H groups in total. The predicted octanol–water partition coefficient (Wildman–Crippen LogP) is 6.86. The Hall–Kier alpha value is -3.98. The van der Waals surface area contributed by atoms with Gasteiger partial charge in [-0.15, -0.1) is 0 Å². The van der Waals surface area contributed by atoms with Crippen molar-refractivity contribution in [2.45, 2.75) is 0 Å². The highest BCUT2D eigenvalue weighted by Gasteiger charge is 2.17. The molecule has 3 aromatic heterocycles. The SMILES string of the molecule is c1ccc(-c2cccc(-c3c4ccccc4cc4c3oc3ccccc34)n2)nc1. The van der Waals surface area contributed by atoms with Crippen LogP contribution in [0.15, 0.2) is 102 Å². The van der Waals surface area contributed by atoms with Crippen molar-refractivity contribution in [3.8, 4) is 22.6 Å². The number of benzene rings is 3. The highest BCUT2D eigenvalue weighted by molar-refractivity contribution is 6.17. The molecule has 6 aromatic rings. The fourth-order valence-electron chi connectivity index (χ4n) is 4.01. The van der Waals surface area contributed by atoms with E-state index in [-0.39, 0.29) is 0 Å². The van der Waals surface area contributed by atoms with Crippen molar-refractivity contribution in [2.24, 2.45) is 0 Å². The molecule has 0 atom stereocenters. The summed E-state index contributed by atoms with van der Waals surface area (Å²) in [6.07, 6.45) is 1.79. The summed E-state index contributed by atoms with van der Waals surface area (Å²) < 4.78 is 6.34. The Bertz CT molecular complexity index is 1500. The monoisotopic (exact) mass is 372 g/mol. The molecule has 0 spiro atoms. The molecule has 0 amide bonds. The van der Waals surface area contributed by atoms with Gasteiger partial charge in [-0.2, -0.15) is 0 Å². The number of aromatic nitrogens is 2. The minimum Gasteiger partial charge on any atom is -0.455 e. The van der Waals surface area contributed by atoms with Gasteiger partial charge in [0.25, 0.3) is 0 Å². The van der Waals surface area contributed by atoms with Crippen LogP contribution in [0.3, 0.4) is 0 Å². The van der Waals surface area contributed by atoms with E-state index in [1.165, 1.54) is 5.39 Å². The van der Waals surface area contributed by atoms with Crippen LogP contribution in [0, 0.1) is 0 Å². The maximum absolute atomic E-state index is 6.34. The van der Waals surface area contributed by atoms with Gasteiger partial charge in [-0.3, -0.25) is 4.98 Å². The molecule has 0 saturated heterocycles. The van der Waals surface area contributed by atoms with Crippen LogP contribution < -0.4 is 0 Å². The summed E-state index contributed by atoms with van der Waals surface area (Å²) in [6.45, 7) is 0. The molecule has 6 rings (SSSR count). The fourth-order valence-corrected chi connectivity index (χ4v) is 4.01. The van der Waals surface area contributed by atoms with E-state index >= 15 is 0 Å². The lowest BCUT2D eigenvalue weighted by Gasteiger charge is -2.09. The Kier molecular flexibility index (Phi) is 3.47. The average molecular weight is 372 g/mol. The van der Waals surface area contributed by atoms with Gasteiger partial charge in [0.2, 0.25) is 0 Å². The first kappa shape index (κ1) is 16.0. The van der Waals surface area contributed by atoms with Crippen LogP contribution in [-0.4, -0.2) is 9.97 Å². The van der Waals surface area contributed by atoms with Crippen LogP contribution in [0.2, 0.25) is 0 Å². The molecule has 0 aliphatic heterocycles. The first-order chi connectivity index (χ1) is 14.4. The Labute approximate surface area is 167 Å². The van der Waals surface area contributed by atoms with Crippen molar-refractivity contribution in [2.75, 3.05) is 0 Å². The average Bonchev–Trinajstić information content (AvgIpc) is 3.16. The van der Waals surface area contributed by atoms with Crippen molar-refractivity contribution in [1.82, 2.24) is 9.97 Å². The van der Waals surface area contributed by atoms with Crippen molar-refractivity contribution in [3.63, 3.8) is 0 Å². The Morgan fingerprint density at radius 1 is 0.586 bits per heavy atom. The highest BCUT2D eigenvalue weighted by atomic mass is 16.3. The number of furan rings is 1. The molecule has 0 unspecified atom stereocenters. The first-order valence-corrected chi connectivity index (χ1v) is 9.60. The zero-order valence-corrected chi connectivity index (χ0v) is 15.5. The molecular weight excluding hydrogens is 356 g/mol. The minimum absolute atomic E-state index is 0.847. The number of para-hydroxylation sites is 1. The van der Waals surface area contributed by atoms with Crippen molar-refractivity contribution in [1.29, 1.82) is 0 Å². The van der Waals surface area contributed by atoms with Crippen molar-refractivity contribution >= 4 is 32.7 Å². The molecule has 3 heterocycles. The predicted molar refractivity (Wildman–Crippen MR) is 118 cm³/mol. The number of nitrogens with zero attached hydrogens (tertiary/aromatic N) is 2. The summed E-state index contributed by atoms with van der Waals surface area (Å²) >= 11 is 0. The van der Waals surface area contributed by atoms with Gasteiger partial charge in [-0.1, -0.05) is 54.6 Å². The molecule has 29 heavy (non-hydrogen) atoms. The zero-order chi connectivity index (χ0) is 19.2. The maximum atomic E-state index is 6.34. The maximum Gasteiger partial charge on any atom is 0.145 e. The number of hydrogen-bond acceptors (Lipinski definition) is 3. The number of rotatable bonds is 2. The quantitative estimate of drug-likeness (QED) is 0.333. The number of hydrogen-bond donors (Lipinski definition) is 0. The van der Waals surface area contributed by atoms with Crippen LogP contribution in [-0.2, 0) is 0 Å². The largest absolute Gasteiger partial charge is 0.455 e. The summed E-state index contributed by atoms with van der Waals surface area (Å²) in [5.74, 6) is 0. The first-order valence-electron chi connectivity index (χ1n) is 9.60. The molecule has 0 radical (unpaired) electrons. The second kappa shape index (κ2) is 6.28. The minimum atomic E-state index is 0.847. The standard InChI is InChI=1S/C26H16N2O/c1-2-9-18-17(8-1)16-20-19-10-3-4-14-24(19)29-26(20)25(18)23-13-7-12-22(28-23)21-11-5-6-15-27-21/h1-16H. The van der Waals surface area contributed by atoms with Gasteiger partial charge in [0.05, 0.1) is 22.6 Å². The Balaban J connectivity index is 1.72. The van der Waals surface area contributed by atoms with Gasteiger partial charge in [0.15, 0.2) is 0 Å². The molecule has 3 aromatic carbocycles. The van der Waals surface area contributed by atoms with Crippen molar-refractivity contribution < 1.29 is 4.42 Å². The molecular formula is C26H16N2O. The molecule has 136 valence electrons. The van der Waals surface area contributed by atoms with E-state index in [9.17, 15) is 0 Å². The van der Waals surface area contributed by atoms with Crippen molar-refractivity contribution in [3.05, 3.63) is 97.2 Å². The molecule has 0 bridgehead atoms. The third kappa shape index (κ3) is 2.52. The molecule has 3 nitrogen and oxygen atoms in total. The third-order valence-corrected chi connectivity index (χ3v) is 5.32. The summed E-state index contributed by atoms with van der Waals surface area (Å²) in [6, 6.07) is 30.7. The molecule has 0 aliphatic carbocycles. The molecule has 0 saturated carbocycles. The number of fused-ring (bicyclic) bond motifs is 4. The lowest BCUT2D eigenvalue weighted by Crippen LogP contribution is -1.91. The second-order valence-corrected chi connectivity index (χ2v) is 7.07. The van der Waals surface area contributed by atoms with Gasteiger partial charge in [-0.05, 0) is 47.2 Å². The van der Waals surface area contributed by atoms with E-state index in [0.717, 1.165) is 50.0 Å². The van der Waals surface area contributed by atoms with Gasteiger partial charge in [0.1, 0.15) is 11.2 Å². The topological polar surface area (TPSA) is 38.9 Å². The Morgan fingerprint density at radius 2 is 1.34 bits per heavy atom. The summed E-state index contributed by atoms with van der Waals surface area (Å²) in [5.41, 5.74) is 5.37. The summed E-state index contributed by atoms with van der Waals surface area (Å²) in [5, 5.41) is 4.53. The lowest BCUT2D eigenvalue weighted by molar-refractivity contribution is 0.670. The third-order valence-electron chi connectivity index (χ3n) is 5.32. The van der Waals surface area contributed by atoms with Gasteiger partial charge < -0.3 is 4.42 Å². The van der Waals surface area contributed by atoms with Gasteiger partial charge in [-0.25, -0.2) is 4.98 Å². The van der Waals surface area contributed by atoms with Crippen LogP contribution >= 0.6 is 0 Å². The number of pyridine rings is 2. The highest BCUT2D eigenvalue weighted by Crippen LogP contribution is 2.40. The Morgan fingerprint density at radius 3 is 2.24 bits per heavy atom. The second-order valence-electron chi connectivity index (χ2n) is 7.07. The van der Waals surface area contributed by atoms with E-state index in [4.69, 9.17) is 9.40 Å². The van der Waals surface area contributed by atoms with E-state index in [1.54, 1.807) is 6.20 Å². The molecule has 0 aliphatic rings. The van der Waals surface area contributed by atoms with Crippen LogP contribution in [0.1, 0.15) is 0 Å². The summed E-state index contributed by atoms with van der Waals surface area (Å²) in [7, 11) is 0. The van der Waals surface area contributed by atoms with Gasteiger partial charge in [0, 0.05) is 17.0 Å². The van der Waals surface area contributed by atoms with Gasteiger partial charge >= 0.3 is 0 Å². The van der Waals surface area contributed by atoms with E-state index in [1.807, 2.05) is 54.6 Å².